The summed E-state index contributed by atoms with van der Waals surface area (Å²) in [5.74, 6) is 0.592. The van der Waals surface area contributed by atoms with Gasteiger partial charge in [-0.25, -0.2) is 4.98 Å². The van der Waals surface area contributed by atoms with Crippen molar-refractivity contribution in [2.24, 2.45) is 0 Å². The third kappa shape index (κ3) is 3.95. The van der Waals surface area contributed by atoms with Crippen LogP contribution in [0, 0.1) is 27.7 Å². The third-order valence-electron chi connectivity index (χ3n) is 5.05. The van der Waals surface area contributed by atoms with Crippen molar-refractivity contribution in [1.29, 1.82) is 0 Å². The van der Waals surface area contributed by atoms with E-state index in [9.17, 15) is 9.59 Å². The predicted octanol–water partition coefficient (Wildman–Crippen LogP) is 0.985. The number of anilines is 1. The van der Waals surface area contributed by atoms with Gasteiger partial charge in [-0.3, -0.25) is 19.3 Å². The smallest absolute Gasteiger partial charge is 0.252 e. The molecule has 26 heavy (non-hydrogen) atoms. The summed E-state index contributed by atoms with van der Waals surface area (Å²) in [7, 11) is 0. The van der Waals surface area contributed by atoms with E-state index in [1.165, 1.54) is 6.07 Å². The number of aryl methyl sites for hydroxylation is 2. The van der Waals surface area contributed by atoms with Crippen LogP contribution in [0.5, 0.6) is 0 Å². The zero-order chi connectivity index (χ0) is 18.8. The number of nitrogens with zero attached hydrogens (tertiary/aromatic N) is 4. The maximum absolute atomic E-state index is 12.3. The summed E-state index contributed by atoms with van der Waals surface area (Å²) in [5.41, 5.74) is 3.69. The van der Waals surface area contributed by atoms with Gasteiger partial charge in [-0.05, 0) is 46.1 Å². The normalized spacial score (nSPS) is 15.3. The van der Waals surface area contributed by atoms with Crippen molar-refractivity contribution < 1.29 is 4.79 Å². The van der Waals surface area contributed by atoms with Gasteiger partial charge in [0.2, 0.25) is 11.9 Å². The Balaban J connectivity index is 1.54. The summed E-state index contributed by atoms with van der Waals surface area (Å²) in [4.78, 5) is 33.2. The number of carbonyl (C=O) groups is 1. The molecule has 1 aliphatic heterocycles. The molecule has 0 spiro atoms. The van der Waals surface area contributed by atoms with Crippen LogP contribution in [-0.4, -0.2) is 44.8 Å². The molecule has 0 atom stereocenters. The van der Waals surface area contributed by atoms with Crippen molar-refractivity contribution >= 4 is 11.9 Å². The average Bonchev–Trinajstić information content (AvgIpc) is 2.81. The first-order chi connectivity index (χ1) is 12.3. The van der Waals surface area contributed by atoms with Gasteiger partial charge in [0, 0.05) is 36.6 Å². The summed E-state index contributed by atoms with van der Waals surface area (Å²) in [6.07, 6.45) is 1.64. The number of amides is 1. The fraction of sp³-hybridized carbons (Fsp3) is 0.556. The zero-order valence-corrected chi connectivity index (χ0v) is 15.8. The van der Waals surface area contributed by atoms with Gasteiger partial charge in [0.25, 0.3) is 5.56 Å². The SMILES string of the molecule is Cc1cc(=O)[nH]c(N2CCC(NC(=O)Cn3nc(C)c(C)c3C)CC2)n1. The van der Waals surface area contributed by atoms with E-state index >= 15 is 0 Å². The number of H-pyrrole nitrogens is 1. The second-order valence-electron chi connectivity index (χ2n) is 6.99. The number of carbonyl (C=O) groups excluding carboxylic acids is 1. The van der Waals surface area contributed by atoms with E-state index in [1.807, 2.05) is 27.7 Å². The van der Waals surface area contributed by atoms with Crippen LogP contribution in [0.2, 0.25) is 0 Å². The highest BCUT2D eigenvalue weighted by molar-refractivity contribution is 5.76. The number of hydrogen-bond donors (Lipinski definition) is 2. The standard InChI is InChI=1S/C18H26N6O2/c1-11-9-16(25)21-18(19-11)23-7-5-15(6-8-23)20-17(26)10-24-14(4)12(2)13(3)22-24/h9,15H,5-8,10H2,1-4H3,(H,20,26)(H,19,21,25). The van der Waals surface area contributed by atoms with Crippen LogP contribution >= 0.6 is 0 Å². The molecular weight excluding hydrogens is 332 g/mol. The van der Waals surface area contributed by atoms with Crippen molar-refractivity contribution in [3.8, 4) is 0 Å². The zero-order valence-electron chi connectivity index (χ0n) is 15.8. The van der Waals surface area contributed by atoms with Crippen molar-refractivity contribution in [3.05, 3.63) is 39.1 Å². The first-order valence-electron chi connectivity index (χ1n) is 8.96. The molecule has 0 aliphatic carbocycles. The molecule has 3 heterocycles. The summed E-state index contributed by atoms with van der Waals surface area (Å²) < 4.78 is 1.76. The summed E-state index contributed by atoms with van der Waals surface area (Å²) in [5, 5.41) is 7.52. The highest BCUT2D eigenvalue weighted by Gasteiger charge is 2.22. The highest BCUT2D eigenvalue weighted by atomic mass is 16.2. The first-order valence-corrected chi connectivity index (χ1v) is 8.96. The van der Waals surface area contributed by atoms with Crippen LogP contribution < -0.4 is 15.8 Å². The minimum Gasteiger partial charge on any atom is -0.352 e. The van der Waals surface area contributed by atoms with Crippen molar-refractivity contribution in [1.82, 2.24) is 25.1 Å². The van der Waals surface area contributed by atoms with Crippen molar-refractivity contribution in [2.45, 2.75) is 53.1 Å². The van der Waals surface area contributed by atoms with E-state index in [2.05, 4.69) is 25.3 Å². The van der Waals surface area contributed by atoms with Crippen molar-refractivity contribution in [3.63, 3.8) is 0 Å². The molecule has 0 radical (unpaired) electrons. The number of hydrogen-bond acceptors (Lipinski definition) is 5. The lowest BCUT2D eigenvalue weighted by molar-refractivity contribution is -0.122. The quantitative estimate of drug-likeness (QED) is 0.850. The molecule has 1 aliphatic rings. The van der Waals surface area contributed by atoms with Crippen LogP contribution in [-0.2, 0) is 11.3 Å². The van der Waals surface area contributed by atoms with Gasteiger partial charge < -0.3 is 10.2 Å². The number of aromatic nitrogens is 4. The molecule has 2 aromatic heterocycles. The lowest BCUT2D eigenvalue weighted by atomic mass is 10.1. The molecule has 8 heteroatoms. The predicted molar refractivity (Wildman–Crippen MR) is 99.4 cm³/mol. The average molecular weight is 358 g/mol. The van der Waals surface area contributed by atoms with E-state index in [4.69, 9.17) is 0 Å². The Bertz CT molecular complexity index is 861. The molecule has 3 rings (SSSR count). The molecule has 1 fully saturated rings. The van der Waals surface area contributed by atoms with Gasteiger partial charge in [0.05, 0.1) is 5.69 Å². The summed E-state index contributed by atoms with van der Waals surface area (Å²) in [6.45, 7) is 9.50. The fourth-order valence-corrected chi connectivity index (χ4v) is 3.30. The van der Waals surface area contributed by atoms with Crippen LogP contribution in [0.3, 0.4) is 0 Å². The van der Waals surface area contributed by atoms with Gasteiger partial charge in [-0.15, -0.1) is 0 Å². The Labute approximate surface area is 152 Å². The summed E-state index contributed by atoms with van der Waals surface area (Å²) >= 11 is 0. The Kier molecular flexibility index (Phi) is 5.11. The van der Waals surface area contributed by atoms with Gasteiger partial charge in [-0.2, -0.15) is 5.10 Å². The second kappa shape index (κ2) is 7.31. The van der Waals surface area contributed by atoms with Crippen LogP contribution in [0.1, 0.15) is 35.5 Å². The molecular formula is C18H26N6O2. The van der Waals surface area contributed by atoms with Crippen LogP contribution in [0.25, 0.3) is 0 Å². The summed E-state index contributed by atoms with van der Waals surface area (Å²) in [6, 6.07) is 1.62. The Hall–Kier alpha value is -2.64. The Morgan fingerprint density at radius 3 is 2.54 bits per heavy atom. The van der Waals surface area contributed by atoms with Crippen LogP contribution in [0.4, 0.5) is 5.95 Å². The lowest BCUT2D eigenvalue weighted by Gasteiger charge is -2.32. The molecule has 2 N–H and O–H groups in total. The number of rotatable bonds is 4. The van der Waals surface area contributed by atoms with Gasteiger partial charge in [0.15, 0.2) is 0 Å². The molecule has 0 bridgehead atoms. The first kappa shape index (κ1) is 18.2. The number of aromatic amines is 1. The largest absolute Gasteiger partial charge is 0.352 e. The van der Waals surface area contributed by atoms with E-state index in [0.717, 1.165) is 42.9 Å². The van der Waals surface area contributed by atoms with Crippen molar-refractivity contribution in [2.75, 3.05) is 18.0 Å². The maximum atomic E-state index is 12.3. The monoisotopic (exact) mass is 358 g/mol. The van der Waals surface area contributed by atoms with E-state index < -0.39 is 0 Å². The van der Waals surface area contributed by atoms with Gasteiger partial charge in [0.1, 0.15) is 6.54 Å². The molecule has 0 unspecified atom stereocenters. The lowest BCUT2D eigenvalue weighted by Crippen LogP contribution is -2.46. The molecule has 140 valence electrons. The van der Waals surface area contributed by atoms with Gasteiger partial charge in [-0.1, -0.05) is 0 Å². The highest BCUT2D eigenvalue weighted by Crippen LogP contribution is 2.16. The molecule has 2 aromatic rings. The van der Waals surface area contributed by atoms with Crippen LogP contribution in [0.15, 0.2) is 10.9 Å². The van der Waals surface area contributed by atoms with E-state index in [0.29, 0.717) is 11.6 Å². The minimum atomic E-state index is -0.136. The fourth-order valence-electron chi connectivity index (χ4n) is 3.30. The minimum absolute atomic E-state index is 0.0175. The molecule has 1 amide bonds. The van der Waals surface area contributed by atoms with E-state index in [1.54, 1.807) is 4.68 Å². The Morgan fingerprint density at radius 2 is 1.96 bits per heavy atom. The number of nitrogens with one attached hydrogen (secondary N) is 2. The molecule has 1 saturated heterocycles. The molecule has 8 nitrogen and oxygen atoms in total. The Morgan fingerprint density at radius 1 is 1.27 bits per heavy atom. The third-order valence-corrected chi connectivity index (χ3v) is 5.05. The molecule has 0 saturated carbocycles. The molecule has 0 aromatic carbocycles. The maximum Gasteiger partial charge on any atom is 0.252 e. The topological polar surface area (TPSA) is 95.9 Å². The van der Waals surface area contributed by atoms with Gasteiger partial charge >= 0.3 is 0 Å². The number of piperidine rings is 1. The van der Waals surface area contributed by atoms with E-state index in [-0.39, 0.29) is 24.1 Å². The second-order valence-corrected chi connectivity index (χ2v) is 6.99.